The summed E-state index contributed by atoms with van der Waals surface area (Å²) in [5.41, 5.74) is 0.938. The first kappa shape index (κ1) is 22.5. The summed E-state index contributed by atoms with van der Waals surface area (Å²) in [6.07, 6.45) is -0.241. The smallest absolute Gasteiger partial charge is 0.262 e. The van der Waals surface area contributed by atoms with Crippen molar-refractivity contribution in [1.29, 1.82) is 0 Å². The molecule has 0 bridgehead atoms. The number of aromatic nitrogens is 2. The average Bonchev–Trinajstić information content (AvgIpc) is 3.30. The normalized spacial score (nSPS) is 14.8. The maximum Gasteiger partial charge on any atom is 0.262 e. The largest absolute Gasteiger partial charge is 0.486 e. The second-order valence-electron chi connectivity index (χ2n) is 8.01. The number of benzene rings is 2. The van der Waals surface area contributed by atoms with E-state index in [-0.39, 0.29) is 23.3 Å². The minimum atomic E-state index is -0.241. The summed E-state index contributed by atoms with van der Waals surface area (Å²) < 4.78 is 13.2. The van der Waals surface area contributed by atoms with E-state index in [9.17, 15) is 9.59 Å². The Morgan fingerprint density at radius 3 is 2.71 bits per heavy atom. The highest BCUT2D eigenvalue weighted by Gasteiger charge is 2.24. The van der Waals surface area contributed by atoms with Crippen molar-refractivity contribution in [2.24, 2.45) is 7.05 Å². The number of rotatable bonds is 6. The molecule has 5 rings (SSSR count). The molecule has 34 heavy (non-hydrogen) atoms. The number of carbonyl (C=O) groups is 1. The summed E-state index contributed by atoms with van der Waals surface area (Å²) in [6.45, 7) is 0.793. The highest BCUT2D eigenvalue weighted by atomic mass is 32.2. The molecule has 0 fully saturated rings. The van der Waals surface area contributed by atoms with Gasteiger partial charge < -0.3 is 14.4 Å². The lowest BCUT2D eigenvalue weighted by Crippen LogP contribution is -2.42. The van der Waals surface area contributed by atoms with Crippen LogP contribution in [0.25, 0.3) is 20.7 Å². The van der Waals surface area contributed by atoms with Crippen LogP contribution in [0.3, 0.4) is 0 Å². The van der Waals surface area contributed by atoms with E-state index in [0.717, 1.165) is 16.2 Å². The van der Waals surface area contributed by atoms with Crippen molar-refractivity contribution in [1.82, 2.24) is 14.5 Å². The number of hydrogen-bond donors (Lipinski definition) is 0. The Kier molecular flexibility index (Phi) is 6.30. The number of thioether (sulfide) groups is 1. The average molecular weight is 494 g/mol. The summed E-state index contributed by atoms with van der Waals surface area (Å²) in [7, 11) is 3.43. The van der Waals surface area contributed by atoms with Gasteiger partial charge in [0, 0.05) is 19.0 Å². The van der Waals surface area contributed by atoms with E-state index in [1.165, 1.54) is 27.7 Å². The topological polar surface area (TPSA) is 73.7 Å². The third kappa shape index (κ3) is 4.53. The van der Waals surface area contributed by atoms with Gasteiger partial charge in [0.2, 0.25) is 5.91 Å². The molecule has 1 aliphatic rings. The van der Waals surface area contributed by atoms with Gasteiger partial charge in [-0.2, -0.15) is 0 Å². The maximum atomic E-state index is 12.9. The number of amides is 1. The lowest BCUT2D eigenvalue weighted by molar-refractivity contribution is -0.128. The van der Waals surface area contributed by atoms with Gasteiger partial charge in [-0.1, -0.05) is 54.2 Å². The van der Waals surface area contributed by atoms with Crippen molar-refractivity contribution in [2.75, 3.05) is 26.0 Å². The van der Waals surface area contributed by atoms with E-state index in [4.69, 9.17) is 9.47 Å². The molecule has 1 aliphatic heterocycles. The highest BCUT2D eigenvalue weighted by molar-refractivity contribution is 7.99. The van der Waals surface area contributed by atoms with Gasteiger partial charge in [0.25, 0.3) is 5.56 Å². The van der Waals surface area contributed by atoms with Crippen LogP contribution in [0.5, 0.6) is 11.5 Å². The van der Waals surface area contributed by atoms with Gasteiger partial charge in [-0.05, 0) is 23.8 Å². The first-order valence-corrected chi connectivity index (χ1v) is 12.6. The molecule has 0 spiro atoms. The minimum Gasteiger partial charge on any atom is -0.486 e. The number of para-hydroxylation sites is 2. The number of fused-ring (bicyclic) bond motifs is 2. The molecule has 0 unspecified atom stereocenters. The third-order valence-corrected chi connectivity index (χ3v) is 7.68. The number of thiophene rings is 1. The number of nitrogens with zero attached hydrogens (tertiary/aromatic N) is 3. The van der Waals surface area contributed by atoms with Gasteiger partial charge in [-0.3, -0.25) is 14.2 Å². The summed E-state index contributed by atoms with van der Waals surface area (Å²) in [5.74, 6) is 1.50. The molecule has 2 aromatic carbocycles. The molecule has 9 heteroatoms. The Labute approximate surface area is 204 Å². The molecule has 1 atom stereocenters. The van der Waals surface area contributed by atoms with Crippen LogP contribution in [-0.2, 0) is 11.8 Å². The number of ether oxygens (including phenoxy) is 2. The van der Waals surface area contributed by atoms with Crippen LogP contribution in [0, 0.1) is 0 Å². The van der Waals surface area contributed by atoms with Crippen LogP contribution in [0.2, 0.25) is 0 Å². The van der Waals surface area contributed by atoms with Crippen LogP contribution in [0.4, 0.5) is 0 Å². The molecule has 4 aromatic rings. The van der Waals surface area contributed by atoms with Crippen molar-refractivity contribution in [3.05, 3.63) is 71.0 Å². The first-order chi connectivity index (χ1) is 16.5. The number of likely N-dealkylation sites (N-methyl/N-ethyl adjacent to an activating group) is 1. The van der Waals surface area contributed by atoms with Crippen molar-refractivity contribution < 1.29 is 14.3 Å². The molecule has 1 amide bonds. The zero-order chi connectivity index (χ0) is 23.7. The zero-order valence-electron chi connectivity index (χ0n) is 18.8. The quantitative estimate of drug-likeness (QED) is 0.298. The Morgan fingerprint density at radius 2 is 1.91 bits per heavy atom. The van der Waals surface area contributed by atoms with E-state index in [1.807, 2.05) is 60.7 Å². The molecule has 2 aromatic heterocycles. The van der Waals surface area contributed by atoms with Crippen LogP contribution in [0.15, 0.2) is 70.6 Å². The molecule has 0 N–H and O–H groups in total. The van der Waals surface area contributed by atoms with Gasteiger partial charge in [0.15, 0.2) is 22.8 Å². The zero-order valence-corrected chi connectivity index (χ0v) is 20.4. The molecular formula is C25H23N3O4S2. The summed E-state index contributed by atoms with van der Waals surface area (Å²) in [5, 5.41) is 1.11. The van der Waals surface area contributed by atoms with Gasteiger partial charge in [-0.15, -0.1) is 11.3 Å². The molecular weight excluding hydrogens is 470 g/mol. The summed E-state index contributed by atoms with van der Waals surface area (Å²) >= 11 is 2.75. The Morgan fingerprint density at radius 1 is 1.18 bits per heavy atom. The van der Waals surface area contributed by atoms with Crippen molar-refractivity contribution in [3.8, 4) is 21.9 Å². The summed E-state index contributed by atoms with van der Waals surface area (Å²) in [6, 6.07) is 19.3. The van der Waals surface area contributed by atoms with E-state index in [0.29, 0.717) is 34.3 Å². The fraction of sp³-hybridized carbons (Fsp3) is 0.240. The lowest BCUT2D eigenvalue weighted by atomic mass is 10.2. The molecule has 0 radical (unpaired) electrons. The van der Waals surface area contributed by atoms with Gasteiger partial charge in [0.05, 0.1) is 17.7 Å². The highest BCUT2D eigenvalue weighted by Crippen LogP contribution is 2.32. The molecule has 0 saturated carbocycles. The fourth-order valence-electron chi connectivity index (χ4n) is 3.72. The minimum absolute atomic E-state index is 0.0713. The monoisotopic (exact) mass is 493 g/mol. The molecule has 0 saturated heterocycles. The van der Waals surface area contributed by atoms with Crippen molar-refractivity contribution >= 4 is 39.2 Å². The van der Waals surface area contributed by atoms with Gasteiger partial charge >= 0.3 is 0 Å². The lowest BCUT2D eigenvalue weighted by Gasteiger charge is -2.29. The molecule has 174 valence electrons. The van der Waals surface area contributed by atoms with E-state index < -0.39 is 0 Å². The fourth-order valence-corrected chi connectivity index (χ4v) is 5.71. The van der Waals surface area contributed by atoms with Crippen molar-refractivity contribution in [3.63, 3.8) is 0 Å². The van der Waals surface area contributed by atoms with E-state index in [1.54, 1.807) is 19.0 Å². The first-order valence-electron chi connectivity index (χ1n) is 10.8. The van der Waals surface area contributed by atoms with Crippen LogP contribution in [-0.4, -0.2) is 52.4 Å². The van der Waals surface area contributed by atoms with E-state index >= 15 is 0 Å². The van der Waals surface area contributed by atoms with Crippen LogP contribution < -0.4 is 15.0 Å². The van der Waals surface area contributed by atoms with E-state index in [2.05, 4.69) is 4.98 Å². The molecule has 7 nitrogen and oxygen atoms in total. The molecule has 3 heterocycles. The van der Waals surface area contributed by atoms with Gasteiger partial charge in [-0.25, -0.2) is 4.98 Å². The number of carbonyl (C=O) groups excluding carboxylic acids is 1. The standard InChI is InChI=1S/C25H23N3O4S2/c1-27(13-17-14-31-19-10-6-7-11-20(19)32-17)22(29)15-33-25-26-23-18(24(30)28(25)2)12-21(34-23)16-8-4-3-5-9-16/h3-12,17H,13-15H2,1-2H3/t17-/m0/s1. The second kappa shape index (κ2) is 9.52. The second-order valence-corrected chi connectivity index (χ2v) is 9.99. The predicted octanol–water partition coefficient (Wildman–Crippen LogP) is 4.05. The van der Waals surface area contributed by atoms with Crippen LogP contribution in [0.1, 0.15) is 0 Å². The SMILES string of the molecule is CN(C[C@H]1COc2ccccc2O1)C(=O)CSc1nc2sc(-c3ccccc3)cc2c(=O)n1C. The third-order valence-electron chi connectivity index (χ3n) is 5.59. The Hall–Kier alpha value is -3.30. The van der Waals surface area contributed by atoms with Gasteiger partial charge in [0.1, 0.15) is 11.4 Å². The predicted molar refractivity (Wildman–Crippen MR) is 135 cm³/mol. The number of hydrogen-bond acceptors (Lipinski definition) is 7. The van der Waals surface area contributed by atoms with Crippen LogP contribution >= 0.6 is 23.1 Å². The maximum absolute atomic E-state index is 12.9. The Balaban J connectivity index is 1.25. The molecule has 0 aliphatic carbocycles. The van der Waals surface area contributed by atoms with Crippen molar-refractivity contribution in [2.45, 2.75) is 11.3 Å². The summed E-state index contributed by atoms with van der Waals surface area (Å²) in [4.78, 5) is 33.7. The Bertz CT molecular complexity index is 1400.